The van der Waals surface area contributed by atoms with Crippen LogP contribution in [0.2, 0.25) is 0 Å². The molecule has 13 heteroatoms. The zero-order valence-electron chi connectivity index (χ0n) is 25.6. The van der Waals surface area contributed by atoms with Crippen molar-refractivity contribution in [3.05, 3.63) is 59.2 Å². The third-order valence-corrected chi connectivity index (χ3v) is 7.83. The Bertz CT molecular complexity index is 1440. The molecule has 0 aromatic heterocycles. The minimum absolute atomic E-state index is 0.00200. The fraction of sp³-hybridized carbons (Fsp3) is 0.406. The van der Waals surface area contributed by atoms with Gasteiger partial charge in [0.25, 0.3) is 0 Å². The fourth-order valence-corrected chi connectivity index (χ4v) is 5.38. The first-order valence-electron chi connectivity index (χ1n) is 14.0. The molecule has 1 fully saturated rings. The average Bonchev–Trinajstić information content (AvgIpc) is 3.50. The molecule has 5 N–H and O–H groups in total. The zero-order chi connectivity index (χ0) is 32.8. The maximum Gasteiger partial charge on any atom is 0.204 e. The normalized spacial score (nSPS) is 19.0. The number of hydrogen-bond acceptors (Lipinski definition) is 13. The molecule has 0 saturated carbocycles. The van der Waals surface area contributed by atoms with Crippen molar-refractivity contribution in [3.63, 3.8) is 0 Å². The first-order valence-corrected chi connectivity index (χ1v) is 14.0. The summed E-state index contributed by atoms with van der Waals surface area (Å²) in [5.74, 6) is -1.39. The van der Waals surface area contributed by atoms with Gasteiger partial charge in [-0.2, -0.15) is 0 Å². The number of aromatic hydroxyl groups is 2. The number of ether oxygens (including phenoxy) is 7. The number of carbonyl (C=O) groups is 1. The molecule has 3 aromatic carbocycles. The van der Waals surface area contributed by atoms with Crippen LogP contribution in [-0.4, -0.2) is 92.8 Å². The number of aliphatic hydroxyl groups is 3. The molecule has 13 nitrogen and oxygen atoms in total. The van der Waals surface area contributed by atoms with Gasteiger partial charge in [0.15, 0.2) is 46.4 Å². The fourth-order valence-electron chi connectivity index (χ4n) is 5.38. The summed E-state index contributed by atoms with van der Waals surface area (Å²) >= 11 is 0. The summed E-state index contributed by atoms with van der Waals surface area (Å²) in [6.07, 6.45) is -3.26. The van der Waals surface area contributed by atoms with Gasteiger partial charge in [-0.25, -0.2) is 0 Å². The van der Waals surface area contributed by atoms with Gasteiger partial charge in [0.05, 0.1) is 60.8 Å². The van der Waals surface area contributed by atoms with Gasteiger partial charge in [-0.3, -0.25) is 4.79 Å². The molecule has 0 amide bonds. The van der Waals surface area contributed by atoms with E-state index in [1.807, 2.05) is 0 Å². The van der Waals surface area contributed by atoms with Crippen molar-refractivity contribution in [1.29, 1.82) is 0 Å². The minimum Gasteiger partial charge on any atom is -0.504 e. The van der Waals surface area contributed by atoms with Gasteiger partial charge in [0, 0.05) is 18.1 Å². The van der Waals surface area contributed by atoms with Crippen LogP contribution < -0.4 is 28.4 Å². The molecular weight excluding hydrogens is 592 g/mol. The minimum atomic E-state index is -1.33. The Morgan fingerprint density at radius 2 is 1.42 bits per heavy atom. The molecule has 0 bridgehead atoms. The second kappa shape index (κ2) is 14.6. The Hall–Kier alpha value is -4.43. The van der Waals surface area contributed by atoms with Crippen molar-refractivity contribution in [1.82, 2.24) is 0 Å². The molecule has 0 radical (unpaired) electrons. The second-order valence-electron chi connectivity index (χ2n) is 10.3. The smallest absolute Gasteiger partial charge is 0.204 e. The topological polar surface area (TPSA) is 183 Å². The number of phenols is 2. The third-order valence-electron chi connectivity index (χ3n) is 7.83. The van der Waals surface area contributed by atoms with Crippen LogP contribution in [0.15, 0.2) is 42.5 Å². The quantitative estimate of drug-likeness (QED) is 0.164. The van der Waals surface area contributed by atoms with Gasteiger partial charge < -0.3 is 58.7 Å². The van der Waals surface area contributed by atoms with Gasteiger partial charge in [-0.05, 0) is 47.5 Å². The Morgan fingerprint density at radius 1 is 0.844 bits per heavy atom. The first-order chi connectivity index (χ1) is 21.6. The molecule has 0 aliphatic carbocycles. The van der Waals surface area contributed by atoms with E-state index < -0.39 is 36.8 Å². The van der Waals surface area contributed by atoms with E-state index in [4.69, 9.17) is 33.2 Å². The Labute approximate surface area is 260 Å². The standard InChI is InChI=1S/C32H38O13/c1-39-22-8-16(6-7-21(22)35)29(37)27(14-34)45-32-25(42-4)11-18(12-26(32)43-5)31-19(13-33)20(15-44-31)28(36)17-9-23(40-2)30(38)24(10-17)41-3/h6-12,19-20,27,29,31,33-35,37-38H,13-15H2,1-5H3. The highest BCUT2D eigenvalue weighted by molar-refractivity contribution is 5.99. The van der Waals surface area contributed by atoms with Crippen LogP contribution in [0, 0.1) is 11.8 Å². The van der Waals surface area contributed by atoms with Gasteiger partial charge in [0.1, 0.15) is 6.10 Å². The number of Topliss-reactive ketones (excluding diaryl/α,β-unsaturated/α-hetero) is 1. The Balaban J connectivity index is 1.63. The van der Waals surface area contributed by atoms with Crippen LogP contribution in [-0.2, 0) is 4.74 Å². The molecule has 244 valence electrons. The molecule has 0 spiro atoms. The molecule has 1 heterocycles. The highest BCUT2D eigenvalue weighted by atomic mass is 16.6. The lowest BCUT2D eigenvalue weighted by Gasteiger charge is -2.26. The van der Waals surface area contributed by atoms with E-state index in [2.05, 4.69) is 0 Å². The van der Waals surface area contributed by atoms with Crippen LogP contribution in [0.25, 0.3) is 0 Å². The summed E-state index contributed by atoms with van der Waals surface area (Å²) in [5, 5.41) is 51.7. The van der Waals surface area contributed by atoms with Crippen molar-refractivity contribution >= 4 is 5.78 Å². The molecule has 5 unspecified atom stereocenters. The maximum atomic E-state index is 13.6. The Morgan fingerprint density at radius 3 is 1.93 bits per heavy atom. The monoisotopic (exact) mass is 630 g/mol. The van der Waals surface area contributed by atoms with E-state index in [-0.39, 0.29) is 70.6 Å². The van der Waals surface area contributed by atoms with E-state index in [0.717, 1.165) is 0 Å². The summed E-state index contributed by atoms with van der Waals surface area (Å²) in [7, 11) is 6.89. The highest BCUT2D eigenvalue weighted by Gasteiger charge is 2.43. The lowest BCUT2D eigenvalue weighted by atomic mass is 9.83. The zero-order valence-corrected chi connectivity index (χ0v) is 25.6. The second-order valence-corrected chi connectivity index (χ2v) is 10.3. The molecule has 1 aliphatic heterocycles. The number of phenolic OH excluding ortho intramolecular Hbond substituents is 2. The molecule has 5 atom stereocenters. The number of aliphatic hydroxyl groups excluding tert-OH is 3. The summed E-state index contributed by atoms with van der Waals surface area (Å²) < 4.78 is 38.7. The van der Waals surface area contributed by atoms with Crippen molar-refractivity contribution in [2.75, 3.05) is 55.4 Å². The lowest BCUT2D eigenvalue weighted by Crippen LogP contribution is -2.29. The maximum absolute atomic E-state index is 13.6. The molecule has 4 rings (SSSR count). The van der Waals surface area contributed by atoms with E-state index in [0.29, 0.717) is 11.1 Å². The highest BCUT2D eigenvalue weighted by Crippen LogP contribution is 2.47. The number of carbonyl (C=O) groups excluding carboxylic acids is 1. The van der Waals surface area contributed by atoms with Crippen LogP contribution in [0.5, 0.6) is 46.0 Å². The summed E-state index contributed by atoms with van der Waals surface area (Å²) in [6, 6.07) is 10.3. The third kappa shape index (κ3) is 6.66. The van der Waals surface area contributed by atoms with Crippen molar-refractivity contribution in [2.45, 2.75) is 18.3 Å². The number of methoxy groups -OCH3 is 5. The van der Waals surface area contributed by atoms with Crippen LogP contribution >= 0.6 is 0 Å². The van der Waals surface area contributed by atoms with Gasteiger partial charge in [-0.15, -0.1) is 0 Å². The van der Waals surface area contributed by atoms with Crippen LogP contribution in [0.3, 0.4) is 0 Å². The molecule has 45 heavy (non-hydrogen) atoms. The summed E-state index contributed by atoms with van der Waals surface area (Å²) in [4.78, 5) is 13.6. The predicted molar refractivity (Wildman–Crippen MR) is 159 cm³/mol. The van der Waals surface area contributed by atoms with E-state index in [1.165, 1.54) is 65.9 Å². The SMILES string of the molecule is COc1cc(C(O)C(CO)Oc2c(OC)cc(C3OCC(C(=O)c4cc(OC)c(O)c(OC)c4)C3CO)cc2OC)ccc1O. The summed E-state index contributed by atoms with van der Waals surface area (Å²) in [5.41, 5.74) is 1.06. The average molecular weight is 631 g/mol. The van der Waals surface area contributed by atoms with E-state index in [9.17, 15) is 30.3 Å². The van der Waals surface area contributed by atoms with E-state index in [1.54, 1.807) is 12.1 Å². The molecule has 1 aliphatic rings. The number of hydrogen-bond donors (Lipinski definition) is 5. The van der Waals surface area contributed by atoms with Crippen LogP contribution in [0.4, 0.5) is 0 Å². The lowest BCUT2D eigenvalue weighted by molar-refractivity contribution is -0.00186. The van der Waals surface area contributed by atoms with Crippen molar-refractivity contribution in [2.24, 2.45) is 11.8 Å². The number of ketones is 1. The largest absolute Gasteiger partial charge is 0.504 e. The van der Waals surface area contributed by atoms with Gasteiger partial charge in [-0.1, -0.05) is 6.07 Å². The van der Waals surface area contributed by atoms with Crippen molar-refractivity contribution in [3.8, 4) is 46.0 Å². The first kappa shape index (κ1) is 33.5. The van der Waals surface area contributed by atoms with Gasteiger partial charge in [0.2, 0.25) is 11.5 Å². The molecule has 1 saturated heterocycles. The van der Waals surface area contributed by atoms with Crippen molar-refractivity contribution < 1.29 is 63.5 Å². The van der Waals surface area contributed by atoms with Crippen LogP contribution in [0.1, 0.15) is 33.7 Å². The molecule has 3 aromatic rings. The number of benzene rings is 3. The Kier molecular flexibility index (Phi) is 10.8. The van der Waals surface area contributed by atoms with E-state index >= 15 is 0 Å². The van der Waals surface area contributed by atoms with Gasteiger partial charge >= 0.3 is 0 Å². The number of rotatable bonds is 14. The predicted octanol–water partition coefficient (Wildman–Crippen LogP) is 2.79. The molecular formula is C32H38O13. The summed E-state index contributed by atoms with van der Waals surface area (Å²) in [6.45, 7) is -0.976.